The van der Waals surface area contributed by atoms with E-state index >= 15 is 0 Å². The third kappa shape index (κ3) is 3.13. The van der Waals surface area contributed by atoms with Crippen LogP contribution in [0.25, 0.3) is 0 Å². The van der Waals surface area contributed by atoms with Gasteiger partial charge in [0.05, 0.1) is 13.2 Å². The molecule has 0 N–H and O–H groups in total. The molecule has 5 rings (SSSR count). The summed E-state index contributed by atoms with van der Waals surface area (Å²) in [6, 6.07) is 9.21. The molecule has 6 nitrogen and oxygen atoms in total. The van der Waals surface area contributed by atoms with Gasteiger partial charge < -0.3 is 4.74 Å². The highest BCUT2D eigenvalue weighted by atomic mass is 32.2. The molecule has 4 aliphatic heterocycles. The lowest BCUT2D eigenvalue weighted by molar-refractivity contribution is 0.0162. The Kier molecular flexibility index (Phi) is 4.76. The third-order valence-corrected chi connectivity index (χ3v) is 8.98. The molecule has 3 atom stereocenters. The van der Waals surface area contributed by atoms with Crippen LogP contribution >= 0.6 is 0 Å². The van der Waals surface area contributed by atoms with Crippen LogP contribution in [0.5, 0.6) is 0 Å². The molecular formula is C20H29N3O3S. The first-order chi connectivity index (χ1) is 13.1. The Morgan fingerprint density at radius 3 is 2.70 bits per heavy atom. The zero-order valence-electron chi connectivity index (χ0n) is 15.8. The van der Waals surface area contributed by atoms with Crippen molar-refractivity contribution in [2.45, 2.75) is 37.8 Å². The predicted molar refractivity (Wildman–Crippen MR) is 104 cm³/mol. The summed E-state index contributed by atoms with van der Waals surface area (Å²) in [4.78, 5) is 2.61. The number of rotatable bonds is 2. The van der Waals surface area contributed by atoms with Gasteiger partial charge in [-0.05, 0) is 42.7 Å². The van der Waals surface area contributed by atoms with E-state index < -0.39 is 10.2 Å². The normalized spacial score (nSPS) is 33.1. The van der Waals surface area contributed by atoms with Gasteiger partial charge in [-0.15, -0.1) is 0 Å². The Labute approximate surface area is 162 Å². The summed E-state index contributed by atoms with van der Waals surface area (Å²) < 4.78 is 35.6. The van der Waals surface area contributed by atoms with E-state index in [1.54, 1.807) is 4.31 Å². The van der Waals surface area contributed by atoms with Crippen LogP contribution in [0.15, 0.2) is 24.3 Å². The molecule has 1 aromatic carbocycles. The molecule has 0 bridgehead atoms. The van der Waals surface area contributed by atoms with E-state index in [0.717, 1.165) is 38.8 Å². The van der Waals surface area contributed by atoms with Gasteiger partial charge in [0.1, 0.15) is 0 Å². The fourth-order valence-corrected chi connectivity index (χ4v) is 7.43. The number of nitrogens with zero attached hydrogens (tertiary/aromatic N) is 3. The van der Waals surface area contributed by atoms with Crippen LogP contribution in [0.2, 0.25) is 0 Å². The quantitative estimate of drug-likeness (QED) is 0.769. The molecule has 0 unspecified atom stereocenters. The maximum Gasteiger partial charge on any atom is 0.282 e. The van der Waals surface area contributed by atoms with E-state index in [-0.39, 0.29) is 6.04 Å². The highest BCUT2D eigenvalue weighted by Gasteiger charge is 2.47. The third-order valence-electron chi connectivity index (χ3n) is 6.92. The van der Waals surface area contributed by atoms with E-state index in [0.29, 0.717) is 44.8 Å². The van der Waals surface area contributed by atoms with Crippen LogP contribution in [-0.4, -0.2) is 73.9 Å². The summed E-state index contributed by atoms with van der Waals surface area (Å²) >= 11 is 0. The first-order valence-electron chi connectivity index (χ1n) is 10.3. The summed E-state index contributed by atoms with van der Waals surface area (Å²) in [6.07, 6.45) is 4.15. The molecule has 0 amide bonds. The lowest BCUT2D eigenvalue weighted by atomic mass is 9.77. The van der Waals surface area contributed by atoms with Crippen molar-refractivity contribution in [1.29, 1.82) is 0 Å². The number of hydrogen-bond donors (Lipinski definition) is 0. The SMILES string of the molecule is O=S(=O)(N1CCOCC1)N1CCC[C@@H]2CN3CCc4ccccc4[C@@H]3C[C@@H]21. The van der Waals surface area contributed by atoms with Gasteiger partial charge in [-0.2, -0.15) is 17.0 Å². The summed E-state index contributed by atoms with van der Waals surface area (Å²) in [6.45, 7) is 4.76. The van der Waals surface area contributed by atoms with Crippen molar-refractivity contribution in [3.63, 3.8) is 0 Å². The van der Waals surface area contributed by atoms with Gasteiger partial charge in [0.2, 0.25) is 0 Å². The second kappa shape index (κ2) is 7.12. The summed E-state index contributed by atoms with van der Waals surface area (Å²) in [7, 11) is -3.40. The van der Waals surface area contributed by atoms with Crippen LogP contribution in [0.1, 0.15) is 36.4 Å². The van der Waals surface area contributed by atoms with E-state index in [4.69, 9.17) is 4.74 Å². The number of benzene rings is 1. The van der Waals surface area contributed by atoms with Crippen LogP contribution in [0, 0.1) is 5.92 Å². The second-order valence-corrected chi connectivity index (χ2v) is 10.2. The first kappa shape index (κ1) is 18.1. The minimum absolute atomic E-state index is 0.124. The average molecular weight is 392 g/mol. The van der Waals surface area contributed by atoms with Crippen LogP contribution < -0.4 is 0 Å². The lowest BCUT2D eigenvalue weighted by Crippen LogP contribution is -2.60. The average Bonchev–Trinajstić information content (AvgIpc) is 2.72. The molecular weight excluding hydrogens is 362 g/mol. The summed E-state index contributed by atoms with van der Waals surface area (Å²) in [5, 5.41) is 0. The van der Waals surface area contributed by atoms with Crippen molar-refractivity contribution in [1.82, 2.24) is 13.5 Å². The minimum atomic E-state index is -3.40. The van der Waals surface area contributed by atoms with Crippen LogP contribution in [-0.2, 0) is 21.4 Å². The Balaban J connectivity index is 1.44. The molecule has 27 heavy (non-hydrogen) atoms. The lowest BCUT2D eigenvalue weighted by Gasteiger charge is -2.52. The van der Waals surface area contributed by atoms with Gasteiger partial charge in [-0.3, -0.25) is 4.90 Å². The van der Waals surface area contributed by atoms with Crippen molar-refractivity contribution in [2.75, 3.05) is 45.9 Å². The Morgan fingerprint density at radius 1 is 1.04 bits per heavy atom. The Bertz CT molecular complexity index is 793. The van der Waals surface area contributed by atoms with E-state index in [9.17, 15) is 8.42 Å². The fraction of sp³-hybridized carbons (Fsp3) is 0.700. The number of morpholine rings is 1. The summed E-state index contributed by atoms with van der Waals surface area (Å²) in [5.41, 5.74) is 2.85. The highest BCUT2D eigenvalue weighted by molar-refractivity contribution is 7.86. The van der Waals surface area contributed by atoms with Crippen molar-refractivity contribution < 1.29 is 13.2 Å². The molecule has 0 aromatic heterocycles. The van der Waals surface area contributed by atoms with Crippen LogP contribution in [0.3, 0.4) is 0 Å². The zero-order chi connectivity index (χ0) is 18.4. The topological polar surface area (TPSA) is 53.1 Å². The first-order valence-corrected chi connectivity index (χ1v) is 11.7. The van der Waals surface area contributed by atoms with Gasteiger partial charge in [0, 0.05) is 44.8 Å². The molecule has 7 heteroatoms. The minimum Gasteiger partial charge on any atom is -0.379 e. The molecule has 148 valence electrons. The fourth-order valence-electron chi connectivity index (χ4n) is 5.57. The van der Waals surface area contributed by atoms with Crippen molar-refractivity contribution in [2.24, 2.45) is 5.92 Å². The van der Waals surface area contributed by atoms with Crippen LogP contribution in [0.4, 0.5) is 0 Å². The monoisotopic (exact) mass is 391 g/mol. The molecule has 3 saturated heterocycles. The molecule has 3 fully saturated rings. The van der Waals surface area contributed by atoms with Crippen molar-refractivity contribution in [3.8, 4) is 0 Å². The van der Waals surface area contributed by atoms with Gasteiger partial charge in [-0.1, -0.05) is 24.3 Å². The summed E-state index contributed by atoms with van der Waals surface area (Å²) in [5.74, 6) is 0.455. The standard InChI is InChI=1S/C20H29N3O3S/c24-27(25,22-10-12-26-13-11-22)23-8-3-5-17-15-21-9-7-16-4-1-2-6-18(16)20(21)14-19(17)23/h1-2,4,6,17,19-20H,3,5,7-15H2/t17-,19+,20+/m1/s1. The number of piperidine rings is 2. The largest absolute Gasteiger partial charge is 0.379 e. The Morgan fingerprint density at radius 2 is 1.85 bits per heavy atom. The van der Waals surface area contributed by atoms with Gasteiger partial charge >= 0.3 is 0 Å². The van der Waals surface area contributed by atoms with E-state index in [1.165, 1.54) is 11.1 Å². The maximum atomic E-state index is 13.4. The predicted octanol–water partition coefficient (Wildman–Crippen LogP) is 1.65. The molecule has 0 radical (unpaired) electrons. The molecule has 4 aliphatic rings. The smallest absolute Gasteiger partial charge is 0.282 e. The van der Waals surface area contributed by atoms with Gasteiger partial charge in [0.25, 0.3) is 10.2 Å². The maximum absolute atomic E-state index is 13.4. The molecule has 0 spiro atoms. The highest BCUT2D eigenvalue weighted by Crippen LogP contribution is 2.43. The number of hydrogen-bond acceptors (Lipinski definition) is 4. The molecule has 0 saturated carbocycles. The van der Waals surface area contributed by atoms with Gasteiger partial charge in [0.15, 0.2) is 0 Å². The van der Waals surface area contributed by atoms with Crippen molar-refractivity contribution in [3.05, 3.63) is 35.4 Å². The van der Waals surface area contributed by atoms with E-state index in [2.05, 4.69) is 29.2 Å². The Hall–Kier alpha value is -0.990. The number of fused-ring (bicyclic) bond motifs is 4. The molecule has 4 heterocycles. The van der Waals surface area contributed by atoms with Gasteiger partial charge in [-0.25, -0.2) is 0 Å². The zero-order valence-corrected chi connectivity index (χ0v) is 16.6. The van der Waals surface area contributed by atoms with E-state index in [1.807, 2.05) is 4.31 Å². The molecule has 0 aliphatic carbocycles. The molecule has 1 aromatic rings. The van der Waals surface area contributed by atoms with Crippen molar-refractivity contribution >= 4 is 10.2 Å². The number of ether oxygens (including phenoxy) is 1. The second-order valence-electron chi connectivity index (χ2n) is 8.29.